The Balaban J connectivity index is 2.42. The molecule has 0 aliphatic carbocycles. The first-order valence-electron chi connectivity index (χ1n) is 8.84. The molecule has 0 radical (unpaired) electrons. The van der Waals surface area contributed by atoms with Crippen LogP contribution in [0.2, 0.25) is 0 Å². The van der Waals surface area contributed by atoms with Crippen LogP contribution in [0, 0.1) is 0 Å². The normalized spacial score (nSPS) is 20.0. The van der Waals surface area contributed by atoms with E-state index in [1.54, 1.807) is 6.92 Å². The zero-order chi connectivity index (χ0) is 18.0. The highest BCUT2D eigenvalue weighted by atomic mass is 16.6. The molecule has 140 valence electrons. The topological polar surface area (TPSA) is 73.9 Å². The van der Waals surface area contributed by atoms with Crippen LogP contribution in [0.3, 0.4) is 0 Å². The number of ether oxygens (including phenoxy) is 1. The van der Waals surface area contributed by atoms with Gasteiger partial charge >= 0.3 is 5.97 Å². The Labute approximate surface area is 146 Å². The third kappa shape index (κ3) is 10.7. The summed E-state index contributed by atoms with van der Waals surface area (Å²) in [5, 5.41) is 6.78. The van der Waals surface area contributed by atoms with Crippen molar-refractivity contribution in [1.29, 1.82) is 0 Å². The van der Waals surface area contributed by atoms with Crippen molar-refractivity contribution in [2.75, 3.05) is 65.4 Å². The summed E-state index contributed by atoms with van der Waals surface area (Å²) in [5.74, 6) is 0.0212. The lowest BCUT2D eigenvalue weighted by Crippen LogP contribution is -2.45. The van der Waals surface area contributed by atoms with E-state index < -0.39 is 5.60 Å². The van der Waals surface area contributed by atoms with Crippen LogP contribution in [0.4, 0.5) is 0 Å². The van der Waals surface area contributed by atoms with Crippen LogP contribution in [0.15, 0.2) is 0 Å². The summed E-state index contributed by atoms with van der Waals surface area (Å²) in [4.78, 5) is 27.6. The number of nitrogens with zero attached hydrogens (tertiary/aromatic N) is 2. The fraction of sp³-hybridized carbons (Fsp3) is 0.882. The lowest BCUT2D eigenvalue weighted by Gasteiger charge is -2.27. The minimum Gasteiger partial charge on any atom is -0.459 e. The first-order chi connectivity index (χ1) is 11.3. The van der Waals surface area contributed by atoms with Gasteiger partial charge in [-0.1, -0.05) is 0 Å². The Hall–Kier alpha value is -1.02. The van der Waals surface area contributed by atoms with Crippen molar-refractivity contribution in [3.05, 3.63) is 0 Å². The molecule has 24 heavy (non-hydrogen) atoms. The van der Waals surface area contributed by atoms with Crippen LogP contribution in [0.1, 0.15) is 27.7 Å². The van der Waals surface area contributed by atoms with Crippen molar-refractivity contribution in [1.82, 2.24) is 20.4 Å². The first-order valence-corrected chi connectivity index (χ1v) is 8.84. The van der Waals surface area contributed by atoms with Crippen LogP contribution in [-0.2, 0) is 14.3 Å². The standard InChI is InChI=1S/C17H34N4O3/c1-15(22)13-20-9-5-18-7-11-21(12-8-19-6-10-20)14-16(23)24-17(2,3)4/h18-19H,5-14H2,1-4H3. The second-order valence-electron chi connectivity index (χ2n) is 7.34. The Morgan fingerprint density at radius 3 is 1.67 bits per heavy atom. The van der Waals surface area contributed by atoms with Crippen molar-refractivity contribution >= 4 is 11.8 Å². The summed E-state index contributed by atoms with van der Waals surface area (Å²) in [5.41, 5.74) is -0.444. The summed E-state index contributed by atoms with van der Waals surface area (Å²) in [6.07, 6.45) is 0. The molecule has 0 spiro atoms. The van der Waals surface area contributed by atoms with E-state index in [1.807, 2.05) is 20.8 Å². The molecule has 0 amide bonds. The highest BCUT2D eigenvalue weighted by molar-refractivity contribution is 5.77. The molecule has 1 rings (SSSR count). The molecule has 0 aromatic rings. The predicted molar refractivity (Wildman–Crippen MR) is 95.1 cm³/mol. The maximum Gasteiger partial charge on any atom is 0.320 e. The molecule has 1 aliphatic heterocycles. The molecule has 0 aromatic heterocycles. The van der Waals surface area contributed by atoms with Gasteiger partial charge in [0.05, 0.1) is 13.1 Å². The summed E-state index contributed by atoms with van der Waals surface area (Å²) >= 11 is 0. The van der Waals surface area contributed by atoms with Crippen LogP contribution in [0.25, 0.3) is 0 Å². The molecule has 0 unspecified atom stereocenters. The molecule has 1 fully saturated rings. The van der Waals surface area contributed by atoms with Crippen molar-refractivity contribution < 1.29 is 14.3 Å². The monoisotopic (exact) mass is 342 g/mol. The van der Waals surface area contributed by atoms with Gasteiger partial charge in [0.15, 0.2) is 0 Å². The number of carbonyl (C=O) groups excluding carboxylic acids is 2. The average Bonchev–Trinajstić information content (AvgIpc) is 2.41. The second-order valence-corrected chi connectivity index (χ2v) is 7.34. The maximum atomic E-state index is 12.0. The fourth-order valence-corrected chi connectivity index (χ4v) is 2.61. The number of hydrogen-bond donors (Lipinski definition) is 2. The molecule has 7 nitrogen and oxygen atoms in total. The van der Waals surface area contributed by atoms with Crippen LogP contribution >= 0.6 is 0 Å². The Bertz CT molecular complexity index is 382. The SMILES string of the molecule is CC(=O)CN1CCNCCN(CC(=O)OC(C)(C)C)CCNCC1. The Morgan fingerprint density at radius 1 is 0.875 bits per heavy atom. The third-order valence-corrected chi connectivity index (χ3v) is 3.64. The molecule has 0 atom stereocenters. The summed E-state index contributed by atoms with van der Waals surface area (Å²) in [6.45, 7) is 14.7. The van der Waals surface area contributed by atoms with Gasteiger partial charge in [-0.3, -0.25) is 19.4 Å². The van der Waals surface area contributed by atoms with Gasteiger partial charge in [-0.15, -0.1) is 0 Å². The van der Waals surface area contributed by atoms with Gasteiger partial charge in [-0.05, 0) is 27.7 Å². The number of esters is 1. The number of ketones is 1. The van der Waals surface area contributed by atoms with E-state index in [2.05, 4.69) is 20.4 Å². The van der Waals surface area contributed by atoms with Crippen molar-refractivity contribution in [2.24, 2.45) is 0 Å². The number of hydrogen-bond acceptors (Lipinski definition) is 7. The van der Waals surface area contributed by atoms with Gasteiger partial charge in [0.1, 0.15) is 11.4 Å². The first kappa shape index (κ1) is 21.0. The van der Waals surface area contributed by atoms with Gasteiger partial charge < -0.3 is 15.4 Å². The molecular formula is C17H34N4O3. The molecular weight excluding hydrogens is 308 g/mol. The lowest BCUT2D eigenvalue weighted by molar-refractivity contribution is -0.156. The average molecular weight is 342 g/mol. The summed E-state index contributed by atoms with van der Waals surface area (Å²) in [6, 6.07) is 0. The summed E-state index contributed by atoms with van der Waals surface area (Å²) < 4.78 is 5.40. The smallest absolute Gasteiger partial charge is 0.320 e. The van der Waals surface area contributed by atoms with E-state index >= 15 is 0 Å². The van der Waals surface area contributed by atoms with Crippen LogP contribution in [0.5, 0.6) is 0 Å². The largest absolute Gasteiger partial charge is 0.459 e. The summed E-state index contributed by atoms with van der Waals surface area (Å²) in [7, 11) is 0. The molecule has 0 aromatic carbocycles. The van der Waals surface area contributed by atoms with E-state index in [-0.39, 0.29) is 11.8 Å². The zero-order valence-electron chi connectivity index (χ0n) is 15.7. The number of Topliss-reactive ketones (excluding diaryl/α,β-unsaturated/α-hetero) is 1. The van der Waals surface area contributed by atoms with Gasteiger partial charge in [-0.2, -0.15) is 0 Å². The second kappa shape index (κ2) is 10.8. The fourth-order valence-electron chi connectivity index (χ4n) is 2.61. The molecule has 7 heteroatoms. The Kier molecular flexibility index (Phi) is 9.43. The van der Waals surface area contributed by atoms with E-state index in [4.69, 9.17) is 4.74 Å². The van der Waals surface area contributed by atoms with Crippen molar-refractivity contribution in [3.63, 3.8) is 0 Å². The van der Waals surface area contributed by atoms with Crippen molar-refractivity contribution in [2.45, 2.75) is 33.3 Å². The molecule has 2 N–H and O–H groups in total. The highest BCUT2D eigenvalue weighted by Gasteiger charge is 2.19. The number of carbonyl (C=O) groups is 2. The predicted octanol–water partition coefficient (Wildman–Crippen LogP) is -0.286. The zero-order valence-corrected chi connectivity index (χ0v) is 15.7. The van der Waals surface area contributed by atoms with Crippen LogP contribution in [-0.4, -0.2) is 92.6 Å². The molecule has 1 saturated heterocycles. The molecule has 0 bridgehead atoms. The maximum absolute atomic E-state index is 12.0. The molecule has 1 heterocycles. The highest BCUT2D eigenvalue weighted by Crippen LogP contribution is 2.07. The number of rotatable bonds is 4. The lowest BCUT2D eigenvalue weighted by atomic mass is 10.2. The molecule has 0 saturated carbocycles. The van der Waals surface area contributed by atoms with E-state index in [1.165, 1.54) is 0 Å². The minimum atomic E-state index is -0.444. The van der Waals surface area contributed by atoms with E-state index in [9.17, 15) is 9.59 Å². The molecule has 1 aliphatic rings. The van der Waals surface area contributed by atoms with Crippen LogP contribution < -0.4 is 10.6 Å². The minimum absolute atomic E-state index is 0.178. The van der Waals surface area contributed by atoms with Crippen molar-refractivity contribution in [3.8, 4) is 0 Å². The van der Waals surface area contributed by atoms with Gasteiger partial charge in [0, 0.05) is 52.4 Å². The quantitative estimate of drug-likeness (QED) is 0.680. The van der Waals surface area contributed by atoms with Gasteiger partial charge in [-0.25, -0.2) is 0 Å². The number of nitrogens with one attached hydrogen (secondary N) is 2. The third-order valence-electron chi connectivity index (χ3n) is 3.64. The Morgan fingerprint density at radius 2 is 1.29 bits per heavy atom. The van der Waals surface area contributed by atoms with Gasteiger partial charge in [0.25, 0.3) is 0 Å². The van der Waals surface area contributed by atoms with E-state index in [0.29, 0.717) is 13.1 Å². The van der Waals surface area contributed by atoms with E-state index in [0.717, 1.165) is 52.4 Å². The van der Waals surface area contributed by atoms with Gasteiger partial charge in [0.2, 0.25) is 0 Å².